The van der Waals surface area contributed by atoms with Crippen LogP contribution in [0.15, 0.2) is 159 Å². The molecule has 0 aliphatic carbocycles. The van der Waals surface area contributed by atoms with Crippen LogP contribution in [0, 0.1) is 6.92 Å². The smallest absolute Gasteiger partial charge is 0.377 e. The van der Waals surface area contributed by atoms with Gasteiger partial charge in [0.15, 0.2) is 12.4 Å². The summed E-state index contributed by atoms with van der Waals surface area (Å²) in [5.74, 6) is 0. The van der Waals surface area contributed by atoms with Gasteiger partial charge in [-0.05, 0) is 96.4 Å². The molecule has 0 radical (unpaired) electrons. The Kier molecular flexibility index (Phi) is 18.1. The molecule has 7 aromatic heterocycles. The van der Waals surface area contributed by atoms with E-state index in [1.54, 1.807) is 46.1 Å². The summed E-state index contributed by atoms with van der Waals surface area (Å²) in [5.41, 5.74) is 8.82. The molecule has 0 saturated carbocycles. The van der Waals surface area contributed by atoms with Gasteiger partial charge in [-0.1, -0.05) is 36.4 Å². The molecular formula is C44H46N7O3OsSi+3. The molecular weight excluding hydrogens is 893 g/mol. The van der Waals surface area contributed by atoms with Gasteiger partial charge >= 0.3 is 28.6 Å². The van der Waals surface area contributed by atoms with E-state index in [-0.39, 0.29) is 19.8 Å². The molecule has 0 aliphatic rings. The Labute approximate surface area is 343 Å². The fraction of sp³-hybridized carbons (Fsp3) is 0.159. The molecule has 7 heterocycles. The van der Waals surface area contributed by atoms with Gasteiger partial charge in [-0.25, -0.2) is 4.57 Å². The Morgan fingerprint density at radius 2 is 0.929 bits per heavy atom. The molecule has 0 N–H and O–H groups in total. The molecule has 284 valence electrons. The number of rotatable bonds is 12. The summed E-state index contributed by atoms with van der Waals surface area (Å²) in [6.45, 7) is 2.94. The van der Waals surface area contributed by atoms with Crippen LogP contribution in [-0.4, -0.2) is 60.0 Å². The van der Waals surface area contributed by atoms with Crippen LogP contribution in [0.5, 0.6) is 0 Å². The number of hydrogen-bond acceptors (Lipinski definition) is 9. The van der Waals surface area contributed by atoms with Gasteiger partial charge in [-0.15, -0.1) is 0 Å². The Hall–Kier alpha value is -5.48. The summed E-state index contributed by atoms with van der Waals surface area (Å²) in [7, 11) is 2.45. The summed E-state index contributed by atoms with van der Waals surface area (Å²) >= 11 is 0. The van der Waals surface area contributed by atoms with Crippen molar-refractivity contribution in [2.75, 3.05) is 21.3 Å². The maximum absolute atomic E-state index is 5.48. The monoisotopic (exact) mass is 940 g/mol. The van der Waals surface area contributed by atoms with Gasteiger partial charge in [0, 0.05) is 83.1 Å². The first-order valence-electron chi connectivity index (χ1n) is 17.9. The van der Waals surface area contributed by atoms with Gasteiger partial charge in [0.2, 0.25) is 0 Å². The van der Waals surface area contributed by atoms with E-state index in [0.29, 0.717) is 0 Å². The molecule has 0 saturated heterocycles. The molecule has 7 aromatic rings. The minimum absolute atomic E-state index is 0. The normalized spacial score (nSPS) is 10.7. The van der Waals surface area contributed by atoms with Crippen molar-refractivity contribution in [1.29, 1.82) is 0 Å². The van der Waals surface area contributed by atoms with Crippen LogP contribution in [0.4, 0.5) is 0 Å². The summed E-state index contributed by atoms with van der Waals surface area (Å²) in [4.78, 5) is 25.6. The molecule has 0 aliphatic heterocycles. The third-order valence-corrected chi connectivity index (χ3v) is 11.2. The van der Waals surface area contributed by atoms with Crippen LogP contribution in [0.25, 0.3) is 46.3 Å². The van der Waals surface area contributed by atoms with E-state index in [2.05, 4.69) is 84.1 Å². The molecule has 0 bridgehead atoms. The van der Waals surface area contributed by atoms with Crippen molar-refractivity contribution in [3.8, 4) is 34.2 Å². The zero-order valence-electron chi connectivity index (χ0n) is 32.0. The number of pyridine rings is 7. The topological polar surface area (TPSA) is 109 Å². The van der Waals surface area contributed by atoms with Crippen LogP contribution in [-0.2, 0) is 39.6 Å². The van der Waals surface area contributed by atoms with Gasteiger partial charge in [-0.2, -0.15) is 0 Å². The van der Waals surface area contributed by atoms with Crippen LogP contribution in [0.1, 0.15) is 23.1 Å². The number of aromatic nitrogens is 7. The second-order valence-electron chi connectivity index (χ2n) is 12.2. The Bertz CT molecular complexity index is 2010. The average Bonchev–Trinajstić information content (AvgIpc) is 3.27. The third kappa shape index (κ3) is 13.7. The molecule has 0 atom stereocenters. The Morgan fingerprint density at radius 3 is 1.36 bits per heavy atom. The van der Waals surface area contributed by atoms with E-state index in [1.807, 2.05) is 103 Å². The fourth-order valence-electron chi connectivity index (χ4n) is 5.38. The van der Waals surface area contributed by atoms with E-state index in [1.165, 1.54) is 5.56 Å². The van der Waals surface area contributed by atoms with E-state index >= 15 is 0 Å². The Morgan fingerprint density at radius 1 is 0.500 bits per heavy atom. The first kappa shape index (κ1) is 43.3. The van der Waals surface area contributed by atoms with Gasteiger partial charge in [0.05, 0.1) is 34.2 Å². The number of hydrogen-bond donors (Lipinski definition) is 0. The van der Waals surface area contributed by atoms with E-state index in [4.69, 9.17) is 13.3 Å². The standard InChI is InChI=1S/C24H30N3O3Si.2C10H8N2.Os/c1-20-8-12-25-23(18-20)24-19-22(9-13-26-24)7-6-21-10-15-27(16-11-21)14-5-17-31(28-2,29-3)30-4;2*1-3-7-11-9(5-1)10-6-2-4-8-12-10;/h6-13,15-16,18-19H,5,14,17H2,1-4H3;2*1-8H;/q+1;;;+2/b7-6+;;;. The van der Waals surface area contributed by atoms with Crippen molar-refractivity contribution in [3.05, 3.63) is 175 Å². The first-order valence-corrected chi connectivity index (χ1v) is 19.8. The molecule has 0 spiro atoms. The minimum Gasteiger partial charge on any atom is -0.377 e. The quantitative estimate of drug-likeness (QED) is 0.0881. The molecule has 0 unspecified atom stereocenters. The van der Waals surface area contributed by atoms with E-state index in [0.717, 1.165) is 64.3 Å². The summed E-state index contributed by atoms with van der Waals surface area (Å²) in [6, 6.07) is 36.3. The zero-order valence-corrected chi connectivity index (χ0v) is 35.5. The predicted octanol–water partition coefficient (Wildman–Crippen LogP) is 8.46. The molecule has 10 nitrogen and oxygen atoms in total. The van der Waals surface area contributed by atoms with Crippen molar-refractivity contribution in [2.24, 2.45) is 0 Å². The van der Waals surface area contributed by atoms with Crippen molar-refractivity contribution in [1.82, 2.24) is 29.9 Å². The number of nitrogens with zero attached hydrogens (tertiary/aromatic N) is 7. The first-order chi connectivity index (χ1) is 27.0. The van der Waals surface area contributed by atoms with Crippen LogP contribution < -0.4 is 4.57 Å². The SMILES string of the molecule is CO[Si](CCC[n+]1ccc(/C=C/c2ccnc(-c3cc(C)ccn3)c2)cc1)(OC)OC.[Os+2].c1ccc(-c2ccccn2)nc1.c1ccc(-c2ccccn2)nc1. The second-order valence-corrected chi connectivity index (χ2v) is 15.2. The maximum Gasteiger partial charge on any atom is 2.00 e. The van der Waals surface area contributed by atoms with Gasteiger partial charge in [-0.3, -0.25) is 29.9 Å². The molecule has 56 heavy (non-hydrogen) atoms. The largest absolute Gasteiger partial charge is 2.00 e. The fourth-order valence-corrected chi connectivity index (χ4v) is 7.08. The number of aryl methyl sites for hydroxylation is 2. The van der Waals surface area contributed by atoms with Crippen molar-refractivity contribution < 1.29 is 37.6 Å². The van der Waals surface area contributed by atoms with Crippen LogP contribution in [0.3, 0.4) is 0 Å². The minimum atomic E-state index is -2.50. The molecule has 0 fully saturated rings. The summed E-state index contributed by atoms with van der Waals surface area (Å²) in [6.07, 6.45) is 20.0. The van der Waals surface area contributed by atoms with E-state index < -0.39 is 8.80 Å². The van der Waals surface area contributed by atoms with Crippen molar-refractivity contribution in [2.45, 2.75) is 25.9 Å². The summed E-state index contributed by atoms with van der Waals surface area (Å²) in [5, 5.41) is 0. The second kappa shape index (κ2) is 23.4. The molecule has 7 rings (SSSR count). The molecule has 0 amide bonds. The average molecular weight is 939 g/mol. The van der Waals surface area contributed by atoms with Crippen molar-refractivity contribution in [3.63, 3.8) is 0 Å². The molecule has 0 aromatic carbocycles. The summed E-state index contributed by atoms with van der Waals surface area (Å²) < 4.78 is 18.6. The van der Waals surface area contributed by atoms with Gasteiger partial charge < -0.3 is 13.3 Å². The molecule has 12 heteroatoms. The van der Waals surface area contributed by atoms with E-state index in [9.17, 15) is 0 Å². The zero-order chi connectivity index (χ0) is 38.6. The Balaban J connectivity index is 0.000000225. The van der Waals surface area contributed by atoms with Gasteiger partial charge in [0.25, 0.3) is 0 Å². The third-order valence-electron chi connectivity index (χ3n) is 8.36. The van der Waals surface area contributed by atoms with Gasteiger partial charge in [0.1, 0.15) is 6.54 Å². The van der Waals surface area contributed by atoms with Crippen LogP contribution >= 0.6 is 0 Å². The van der Waals surface area contributed by atoms with Crippen molar-refractivity contribution >= 4 is 21.0 Å². The predicted molar refractivity (Wildman–Crippen MR) is 219 cm³/mol. The maximum atomic E-state index is 5.48. The van der Waals surface area contributed by atoms with Crippen LogP contribution in [0.2, 0.25) is 6.04 Å².